The van der Waals surface area contributed by atoms with Crippen molar-refractivity contribution in [1.29, 1.82) is 0 Å². The summed E-state index contributed by atoms with van der Waals surface area (Å²) < 4.78 is 10.6. The molecule has 2 atom stereocenters. The van der Waals surface area contributed by atoms with Gasteiger partial charge in [-0.05, 0) is 12.1 Å². The lowest BCUT2D eigenvalue weighted by atomic mass is 10.2. The zero-order chi connectivity index (χ0) is 13.1. The van der Waals surface area contributed by atoms with Gasteiger partial charge in [0.15, 0.2) is 0 Å². The lowest BCUT2D eigenvalue weighted by Crippen LogP contribution is -2.30. The molecule has 5 nitrogen and oxygen atoms in total. The molecule has 6 heteroatoms. The molecule has 0 spiro atoms. The molecule has 0 saturated carbocycles. The van der Waals surface area contributed by atoms with Crippen LogP contribution in [0.15, 0.2) is 18.3 Å². The van der Waals surface area contributed by atoms with Crippen LogP contribution < -0.4 is 0 Å². The first-order valence-corrected chi connectivity index (χ1v) is 6.00. The molecule has 18 heavy (non-hydrogen) atoms. The number of halogens is 1. The molecule has 0 bridgehead atoms. The van der Waals surface area contributed by atoms with Crippen molar-refractivity contribution >= 4 is 17.5 Å². The van der Waals surface area contributed by atoms with E-state index in [4.69, 9.17) is 21.1 Å². The lowest BCUT2D eigenvalue weighted by molar-refractivity contribution is -0.00461. The van der Waals surface area contributed by atoms with Crippen molar-refractivity contribution in [3.63, 3.8) is 0 Å². The molecule has 1 aromatic heterocycles. The molecule has 1 fully saturated rings. The Morgan fingerprint density at radius 2 is 1.94 bits per heavy atom. The largest absolute Gasteiger partial charge is 0.377 e. The first kappa shape index (κ1) is 13.3. The molecule has 2 unspecified atom stereocenters. The minimum Gasteiger partial charge on any atom is -0.377 e. The predicted molar refractivity (Wildman–Crippen MR) is 66.7 cm³/mol. The number of aromatic nitrogens is 1. The molecule has 98 valence electrons. The second-order valence-electron chi connectivity index (χ2n) is 4.13. The third-order valence-electron chi connectivity index (χ3n) is 3.08. The summed E-state index contributed by atoms with van der Waals surface area (Å²) in [5, 5.41) is 0.373. The first-order valence-electron chi connectivity index (χ1n) is 5.62. The van der Waals surface area contributed by atoms with Crippen LogP contribution in [0.2, 0.25) is 5.15 Å². The Hall–Kier alpha value is -1.17. The van der Waals surface area contributed by atoms with Crippen LogP contribution in [0.3, 0.4) is 0 Å². The topological polar surface area (TPSA) is 51.7 Å². The maximum Gasteiger partial charge on any atom is 0.255 e. The van der Waals surface area contributed by atoms with Crippen molar-refractivity contribution in [2.24, 2.45) is 0 Å². The van der Waals surface area contributed by atoms with Gasteiger partial charge in [-0.2, -0.15) is 0 Å². The van der Waals surface area contributed by atoms with Crippen molar-refractivity contribution in [2.45, 2.75) is 12.2 Å². The molecule has 0 N–H and O–H groups in total. The number of methoxy groups -OCH3 is 2. The number of pyridine rings is 1. The second kappa shape index (κ2) is 5.65. The number of rotatable bonds is 3. The van der Waals surface area contributed by atoms with E-state index in [2.05, 4.69) is 4.98 Å². The van der Waals surface area contributed by atoms with Crippen LogP contribution in [0.5, 0.6) is 0 Å². The first-order chi connectivity index (χ1) is 8.65. The van der Waals surface area contributed by atoms with Gasteiger partial charge in [-0.3, -0.25) is 4.79 Å². The van der Waals surface area contributed by atoms with Gasteiger partial charge in [-0.15, -0.1) is 0 Å². The highest BCUT2D eigenvalue weighted by Gasteiger charge is 2.35. The van der Waals surface area contributed by atoms with E-state index in [-0.39, 0.29) is 18.1 Å². The second-order valence-corrected chi connectivity index (χ2v) is 4.52. The van der Waals surface area contributed by atoms with Gasteiger partial charge < -0.3 is 14.4 Å². The number of nitrogens with zero attached hydrogens (tertiary/aromatic N) is 2. The monoisotopic (exact) mass is 270 g/mol. The molecule has 1 aliphatic rings. The Morgan fingerprint density at radius 3 is 2.39 bits per heavy atom. The van der Waals surface area contributed by atoms with Crippen molar-refractivity contribution in [2.75, 3.05) is 27.3 Å². The number of carbonyl (C=O) groups is 1. The third kappa shape index (κ3) is 2.63. The molecule has 1 aliphatic heterocycles. The highest BCUT2D eigenvalue weighted by Crippen LogP contribution is 2.18. The van der Waals surface area contributed by atoms with E-state index in [1.807, 2.05) is 0 Å². The third-order valence-corrected chi connectivity index (χ3v) is 3.31. The smallest absolute Gasteiger partial charge is 0.255 e. The van der Waals surface area contributed by atoms with Crippen LogP contribution in [0, 0.1) is 0 Å². The Balaban J connectivity index is 2.09. The van der Waals surface area contributed by atoms with E-state index < -0.39 is 0 Å². The van der Waals surface area contributed by atoms with Crippen LogP contribution >= 0.6 is 11.6 Å². The zero-order valence-electron chi connectivity index (χ0n) is 10.3. The molecule has 0 aliphatic carbocycles. The summed E-state index contributed by atoms with van der Waals surface area (Å²) in [6.07, 6.45) is 1.31. The van der Waals surface area contributed by atoms with E-state index in [1.54, 1.807) is 31.3 Å². The summed E-state index contributed by atoms with van der Waals surface area (Å²) in [6, 6.07) is 3.27. The molecule has 2 heterocycles. The van der Waals surface area contributed by atoms with Crippen molar-refractivity contribution < 1.29 is 14.3 Å². The quantitative estimate of drug-likeness (QED) is 0.775. The van der Waals surface area contributed by atoms with Crippen molar-refractivity contribution in [1.82, 2.24) is 9.88 Å². The number of hydrogen-bond acceptors (Lipinski definition) is 4. The van der Waals surface area contributed by atoms with Gasteiger partial charge in [0.2, 0.25) is 0 Å². The number of likely N-dealkylation sites (tertiary alicyclic amines) is 1. The van der Waals surface area contributed by atoms with Crippen molar-refractivity contribution in [3.05, 3.63) is 29.0 Å². The number of ether oxygens (including phenoxy) is 2. The molecule has 1 saturated heterocycles. The Labute approximate surface area is 111 Å². The molecular weight excluding hydrogens is 256 g/mol. The van der Waals surface area contributed by atoms with Gasteiger partial charge in [-0.1, -0.05) is 11.6 Å². The average Bonchev–Trinajstić information content (AvgIpc) is 2.82. The maximum atomic E-state index is 12.2. The minimum absolute atomic E-state index is 0.0826. The van der Waals surface area contributed by atoms with E-state index in [0.29, 0.717) is 23.8 Å². The van der Waals surface area contributed by atoms with Crippen LogP contribution in [0.4, 0.5) is 0 Å². The van der Waals surface area contributed by atoms with E-state index >= 15 is 0 Å². The van der Waals surface area contributed by atoms with Gasteiger partial charge >= 0.3 is 0 Å². The highest BCUT2D eigenvalue weighted by atomic mass is 35.5. The summed E-state index contributed by atoms with van der Waals surface area (Å²) in [7, 11) is 3.24. The number of hydrogen-bond donors (Lipinski definition) is 0. The number of carbonyl (C=O) groups excluding carboxylic acids is 1. The fourth-order valence-corrected chi connectivity index (χ4v) is 2.16. The van der Waals surface area contributed by atoms with Crippen LogP contribution in [0.1, 0.15) is 10.4 Å². The normalized spacial score (nSPS) is 23.4. The zero-order valence-corrected chi connectivity index (χ0v) is 11.1. The Morgan fingerprint density at radius 1 is 1.33 bits per heavy atom. The Bertz CT molecular complexity index is 412. The molecular formula is C12H15ClN2O3. The SMILES string of the molecule is COC1CN(C(=O)c2ccc(Cl)nc2)CC1OC. The minimum atomic E-state index is -0.0841. The molecule has 0 radical (unpaired) electrons. The van der Waals surface area contributed by atoms with Gasteiger partial charge in [0.05, 0.1) is 5.56 Å². The van der Waals surface area contributed by atoms with Gasteiger partial charge in [-0.25, -0.2) is 4.98 Å². The van der Waals surface area contributed by atoms with Crippen molar-refractivity contribution in [3.8, 4) is 0 Å². The van der Waals surface area contributed by atoms with Gasteiger partial charge in [0.25, 0.3) is 5.91 Å². The molecule has 2 rings (SSSR count). The highest BCUT2D eigenvalue weighted by molar-refractivity contribution is 6.29. The summed E-state index contributed by atoms with van der Waals surface area (Å²) in [5.74, 6) is -0.0826. The number of amides is 1. The van der Waals surface area contributed by atoms with E-state index in [9.17, 15) is 4.79 Å². The maximum absolute atomic E-state index is 12.2. The predicted octanol–water partition coefficient (Wildman–Crippen LogP) is 1.22. The fourth-order valence-electron chi connectivity index (χ4n) is 2.05. The molecule has 1 aromatic rings. The standard InChI is InChI=1S/C12H15ClN2O3/c1-17-9-6-15(7-10(9)18-2)12(16)8-3-4-11(13)14-5-8/h3-5,9-10H,6-7H2,1-2H3. The van der Waals surface area contributed by atoms with E-state index in [0.717, 1.165) is 0 Å². The summed E-state index contributed by atoms with van der Waals surface area (Å²) in [6.45, 7) is 1.05. The van der Waals surface area contributed by atoms with E-state index in [1.165, 1.54) is 6.20 Å². The molecule has 1 amide bonds. The summed E-state index contributed by atoms with van der Waals surface area (Å²) in [5.41, 5.74) is 0.519. The fraction of sp³-hybridized carbons (Fsp3) is 0.500. The lowest BCUT2D eigenvalue weighted by Gasteiger charge is -2.15. The van der Waals surface area contributed by atoms with Gasteiger partial charge in [0, 0.05) is 33.5 Å². The Kier molecular flexibility index (Phi) is 4.16. The average molecular weight is 271 g/mol. The van der Waals surface area contributed by atoms with Crippen LogP contribution in [-0.2, 0) is 9.47 Å². The van der Waals surface area contributed by atoms with Crippen LogP contribution in [0.25, 0.3) is 0 Å². The summed E-state index contributed by atoms with van der Waals surface area (Å²) >= 11 is 5.69. The summed E-state index contributed by atoms with van der Waals surface area (Å²) in [4.78, 5) is 17.8. The van der Waals surface area contributed by atoms with Crippen LogP contribution in [-0.4, -0.2) is 55.3 Å². The molecule has 0 aromatic carbocycles. The van der Waals surface area contributed by atoms with Gasteiger partial charge in [0.1, 0.15) is 17.4 Å².